The average Bonchev–Trinajstić information content (AvgIpc) is 2.77. The van der Waals surface area contributed by atoms with E-state index in [9.17, 15) is 4.79 Å². The van der Waals surface area contributed by atoms with Crippen molar-refractivity contribution in [3.05, 3.63) is 0 Å². The van der Waals surface area contributed by atoms with Crippen LogP contribution >= 0.6 is 0 Å². The highest BCUT2D eigenvalue weighted by atomic mass is 19.1. The van der Waals surface area contributed by atoms with Crippen LogP contribution in [0.3, 0.4) is 0 Å². The number of carbonyl (C=O) groups is 1. The molecule has 0 heterocycles. The van der Waals surface area contributed by atoms with Gasteiger partial charge in [-0.15, -0.1) is 0 Å². The summed E-state index contributed by atoms with van der Waals surface area (Å²) in [4.78, 5) is 13.3. The SMILES string of the molecule is CCCCC1CCC(C2CCC3(CC2)C(=O)C2(CCC(CC)CC2)[C@H]3F)CC1. The zero-order valence-electron chi connectivity index (χ0n) is 18.5. The van der Waals surface area contributed by atoms with E-state index in [1.54, 1.807) is 0 Å². The van der Waals surface area contributed by atoms with Gasteiger partial charge in [0, 0.05) is 0 Å². The molecule has 0 amide bonds. The van der Waals surface area contributed by atoms with Crippen molar-refractivity contribution in [3.63, 3.8) is 0 Å². The van der Waals surface area contributed by atoms with Gasteiger partial charge in [-0.3, -0.25) is 4.79 Å². The van der Waals surface area contributed by atoms with E-state index in [2.05, 4.69) is 13.8 Å². The number of hydrogen-bond acceptors (Lipinski definition) is 1. The summed E-state index contributed by atoms with van der Waals surface area (Å²) in [5.74, 6) is 3.67. The number of hydrogen-bond donors (Lipinski definition) is 0. The summed E-state index contributed by atoms with van der Waals surface area (Å²) < 4.78 is 15.6. The zero-order valence-corrected chi connectivity index (χ0v) is 18.5. The van der Waals surface area contributed by atoms with E-state index in [-0.39, 0.29) is 0 Å². The third-order valence-corrected chi connectivity index (χ3v) is 9.90. The molecule has 0 unspecified atom stereocenters. The van der Waals surface area contributed by atoms with E-state index in [1.807, 2.05) is 0 Å². The highest BCUT2D eigenvalue weighted by Gasteiger charge is 2.71. The fraction of sp³-hybridized carbons (Fsp3) is 0.962. The van der Waals surface area contributed by atoms with Crippen molar-refractivity contribution < 1.29 is 9.18 Å². The zero-order chi connectivity index (χ0) is 19.8. The fourth-order valence-electron chi connectivity index (χ4n) is 7.81. The normalized spacial score (nSPS) is 46.7. The van der Waals surface area contributed by atoms with Gasteiger partial charge in [0.15, 0.2) is 5.78 Å². The first-order valence-corrected chi connectivity index (χ1v) is 12.7. The molecule has 4 saturated carbocycles. The Bertz CT molecular complexity index is 531. The van der Waals surface area contributed by atoms with Gasteiger partial charge in [-0.1, -0.05) is 52.4 Å². The van der Waals surface area contributed by atoms with E-state index in [4.69, 9.17) is 0 Å². The van der Waals surface area contributed by atoms with E-state index >= 15 is 4.39 Å². The molecule has 2 spiro atoms. The van der Waals surface area contributed by atoms with Crippen LogP contribution in [0, 0.1) is 34.5 Å². The van der Waals surface area contributed by atoms with Crippen LogP contribution in [0.2, 0.25) is 0 Å². The highest BCUT2D eigenvalue weighted by Crippen LogP contribution is 2.66. The van der Waals surface area contributed by atoms with Gasteiger partial charge in [0.2, 0.25) is 0 Å². The Balaban J connectivity index is 1.28. The molecule has 0 radical (unpaired) electrons. The lowest BCUT2D eigenvalue weighted by molar-refractivity contribution is -0.194. The average molecular weight is 391 g/mol. The quantitative estimate of drug-likeness (QED) is 0.471. The minimum atomic E-state index is -0.837. The Labute approximate surface area is 172 Å². The van der Waals surface area contributed by atoms with E-state index in [0.717, 1.165) is 75.0 Å². The highest BCUT2D eigenvalue weighted by molar-refractivity contribution is 5.98. The van der Waals surface area contributed by atoms with E-state index < -0.39 is 17.0 Å². The molecular formula is C26H43FO. The maximum absolute atomic E-state index is 15.6. The minimum absolute atomic E-state index is 0.351. The van der Waals surface area contributed by atoms with Crippen LogP contribution in [0.5, 0.6) is 0 Å². The van der Waals surface area contributed by atoms with Crippen LogP contribution in [0.1, 0.15) is 117 Å². The van der Waals surface area contributed by atoms with Crippen LogP contribution in [-0.4, -0.2) is 12.0 Å². The second-order valence-electron chi connectivity index (χ2n) is 11.1. The number of ketones is 1. The molecule has 1 nitrogen and oxygen atoms in total. The van der Waals surface area contributed by atoms with E-state index in [1.165, 1.54) is 51.4 Å². The van der Waals surface area contributed by atoms with Crippen molar-refractivity contribution in [2.45, 2.75) is 123 Å². The van der Waals surface area contributed by atoms with Gasteiger partial charge >= 0.3 is 0 Å². The second kappa shape index (κ2) is 8.38. The molecule has 4 rings (SSSR count). The summed E-state index contributed by atoms with van der Waals surface area (Å²) in [7, 11) is 0. The van der Waals surface area contributed by atoms with Crippen molar-refractivity contribution in [2.24, 2.45) is 34.5 Å². The molecule has 4 fully saturated rings. The van der Waals surface area contributed by atoms with Gasteiger partial charge in [-0.2, -0.15) is 0 Å². The standard InChI is InChI=1S/C26H43FO/c1-3-5-6-20-7-9-21(10-8-20)22-13-17-26(18-14-22)23(27)25(24(26)28)15-11-19(4-2)12-16-25/h19-23H,3-18H2,1-2H3/t19?,20?,21?,22?,23-,25?,26?/m1/s1. The third kappa shape index (κ3) is 3.39. The van der Waals surface area contributed by atoms with Gasteiger partial charge in [0.25, 0.3) is 0 Å². The molecule has 4 aliphatic rings. The summed E-state index contributed by atoms with van der Waals surface area (Å²) in [6.45, 7) is 4.53. The molecule has 4 aliphatic carbocycles. The van der Waals surface area contributed by atoms with Gasteiger partial charge < -0.3 is 0 Å². The van der Waals surface area contributed by atoms with Gasteiger partial charge in [0.1, 0.15) is 6.17 Å². The van der Waals surface area contributed by atoms with Gasteiger partial charge in [-0.05, 0) is 87.9 Å². The lowest BCUT2D eigenvalue weighted by atomic mass is 9.41. The van der Waals surface area contributed by atoms with Crippen molar-refractivity contribution in [1.29, 1.82) is 0 Å². The summed E-state index contributed by atoms with van der Waals surface area (Å²) >= 11 is 0. The molecule has 0 aromatic rings. The van der Waals surface area contributed by atoms with Crippen molar-refractivity contribution in [2.75, 3.05) is 0 Å². The molecule has 0 saturated heterocycles. The lowest BCUT2D eigenvalue weighted by Crippen LogP contribution is -2.69. The number of unbranched alkanes of at least 4 members (excludes halogenated alkanes) is 1. The number of carbonyl (C=O) groups excluding carboxylic acids is 1. The monoisotopic (exact) mass is 390 g/mol. The van der Waals surface area contributed by atoms with Crippen molar-refractivity contribution >= 4 is 5.78 Å². The molecule has 0 aromatic heterocycles. The van der Waals surface area contributed by atoms with E-state index in [0.29, 0.717) is 5.78 Å². The van der Waals surface area contributed by atoms with Crippen LogP contribution in [0.15, 0.2) is 0 Å². The Morgan fingerprint density at radius 2 is 1.32 bits per heavy atom. The number of alkyl halides is 1. The summed E-state index contributed by atoms with van der Waals surface area (Å²) in [6, 6.07) is 0. The van der Waals surface area contributed by atoms with Gasteiger partial charge in [0.05, 0.1) is 10.8 Å². The fourth-order valence-corrected chi connectivity index (χ4v) is 7.81. The van der Waals surface area contributed by atoms with Crippen LogP contribution in [-0.2, 0) is 4.79 Å². The van der Waals surface area contributed by atoms with Crippen molar-refractivity contribution in [1.82, 2.24) is 0 Å². The Morgan fingerprint density at radius 3 is 1.82 bits per heavy atom. The predicted molar refractivity (Wildman–Crippen MR) is 114 cm³/mol. The first-order valence-electron chi connectivity index (χ1n) is 12.7. The smallest absolute Gasteiger partial charge is 0.151 e. The number of halogens is 1. The van der Waals surface area contributed by atoms with Crippen LogP contribution in [0.4, 0.5) is 4.39 Å². The molecule has 0 aromatic carbocycles. The second-order valence-corrected chi connectivity index (χ2v) is 11.1. The maximum atomic E-state index is 15.6. The van der Waals surface area contributed by atoms with Crippen molar-refractivity contribution in [3.8, 4) is 0 Å². The molecule has 1 atom stereocenters. The topological polar surface area (TPSA) is 17.1 Å². The Kier molecular flexibility index (Phi) is 6.24. The summed E-state index contributed by atoms with van der Waals surface area (Å²) in [5.41, 5.74) is -1.12. The summed E-state index contributed by atoms with van der Waals surface area (Å²) in [6.07, 6.45) is 17.8. The molecule has 0 aliphatic heterocycles. The maximum Gasteiger partial charge on any atom is 0.151 e. The number of Topliss-reactive ketones (excluding diaryl/α,β-unsaturated/α-hetero) is 1. The molecule has 0 N–H and O–H groups in total. The first-order chi connectivity index (χ1) is 13.6. The molecule has 2 heteroatoms. The van der Waals surface area contributed by atoms with Gasteiger partial charge in [-0.25, -0.2) is 4.39 Å². The summed E-state index contributed by atoms with van der Waals surface area (Å²) in [5, 5.41) is 0. The molecule has 0 bridgehead atoms. The predicted octanol–water partition coefficient (Wildman–Crippen LogP) is 7.67. The third-order valence-electron chi connectivity index (χ3n) is 9.90. The molecule has 160 valence electrons. The Hall–Kier alpha value is -0.400. The largest absolute Gasteiger partial charge is 0.298 e. The first kappa shape index (κ1) is 20.9. The molecule has 28 heavy (non-hydrogen) atoms. The Morgan fingerprint density at radius 1 is 0.786 bits per heavy atom. The molecular weight excluding hydrogens is 347 g/mol. The number of rotatable bonds is 5. The van der Waals surface area contributed by atoms with Crippen LogP contribution in [0.25, 0.3) is 0 Å². The minimum Gasteiger partial charge on any atom is -0.298 e. The van der Waals surface area contributed by atoms with Crippen LogP contribution < -0.4 is 0 Å². The lowest BCUT2D eigenvalue weighted by Gasteiger charge is -2.61.